The number of hydrogen-bond donors (Lipinski definition) is 1. The van der Waals surface area contributed by atoms with Gasteiger partial charge in [-0.3, -0.25) is 0 Å². The summed E-state index contributed by atoms with van der Waals surface area (Å²) in [6.45, 7) is 2.35. The van der Waals surface area contributed by atoms with Crippen molar-refractivity contribution >= 4 is 35.9 Å². The summed E-state index contributed by atoms with van der Waals surface area (Å²) in [7, 11) is 0. The van der Waals surface area contributed by atoms with Crippen molar-refractivity contribution in [3.05, 3.63) is 12.3 Å². The standard InChI is InChI=1S/C11H17N3S2.ClH/c1-15-11-13-6-4-10(14-11)16-8-9-3-2-5-12-7-9;/h4,6,9,12H,2-3,5,7-8H2,1H3;1H. The fraction of sp³-hybridized carbons (Fsp3) is 0.636. The molecule has 1 aliphatic heterocycles. The van der Waals surface area contributed by atoms with E-state index in [-0.39, 0.29) is 12.4 Å². The van der Waals surface area contributed by atoms with Crippen LogP contribution in [-0.2, 0) is 0 Å². The van der Waals surface area contributed by atoms with Gasteiger partial charge >= 0.3 is 0 Å². The van der Waals surface area contributed by atoms with Crippen molar-refractivity contribution in [3.8, 4) is 0 Å². The van der Waals surface area contributed by atoms with E-state index in [0.29, 0.717) is 0 Å². The van der Waals surface area contributed by atoms with Gasteiger partial charge in [-0.1, -0.05) is 11.8 Å². The average molecular weight is 292 g/mol. The van der Waals surface area contributed by atoms with Gasteiger partial charge in [-0.2, -0.15) is 0 Å². The molecular weight excluding hydrogens is 274 g/mol. The van der Waals surface area contributed by atoms with Crippen molar-refractivity contribution in [2.75, 3.05) is 25.1 Å². The van der Waals surface area contributed by atoms with Crippen LogP contribution in [0.2, 0.25) is 0 Å². The van der Waals surface area contributed by atoms with E-state index < -0.39 is 0 Å². The number of halogens is 1. The monoisotopic (exact) mass is 291 g/mol. The Balaban J connectivity index is 0.00000144. The predicted octanol–water partition coefficient (Wildman–Crippen LogP) is 2.71. The third kappa shape index (κ3) is 5.04. The van der Waals surface area contributed by atoms with Crippen LogP contribution < -0.4 is 5.32 Å². The molecule has 1 atom stereocenters. The first kappa shape index (κ1) is 15.1. The van der Waals surface area contributed by atoms with Gasteiger partial charge in [0.15, 0.2) is 5.16 Å². The average Bonchev–Trinajstić information content (AvgIpc) is 2.38. The minimum atomic E-state index is 0. The molecule has 96 valence electrons. The Hall–Kier alpha value is 0.0300. The molecule has 1 fully saturated rings. The van der Waals surface area contributed by atoms with Gasteiger partial charge < -0.3 is 5.32 Å². The minimum Gasteiger partial charge on any atom is -0.316 e. The normalized spacial score (nSPS) is 19.7. The zero-order valence-corrected chi connectivity index (χ0v) is 12.3. The lowest BCUT2D eigenvalue weighted by Crippen LogP contribution is -2.30. The van der Waals surface area contributed by atoms with E-state index in [2.05, 4.69) is 15.3 Å². The Morgan fingerprint density at radius 2 is 2.41 bits per heavy atom. The van der Waals surface area contributed by atoms with Crippen LogP contribution in [0.5, 0.6) is 0 Å². The van der Waals surface area contributed by atoms with Crippen LogP contribution in [0, 0.1) is 5.92 Å². The molecule has 0 spiro atoms. The summed E-state index contributed by atoms with van der Waals surface area (Å²) in [6.07, 6.45) is 6.51. The SMILES string of the molecule is CSc1nccc(SCC2CCCNC2)n1.Cl. The highest BCUT2D eigenvalue weighted by Gasteiger charge is 2.13. The molecule has 1 saturated heterocycles. The summed E-state index contributed by atoms with van der Waals surface area (Å²) in [5, 5.41) is 5.41. The van der Waals surface area contributed by atoms with Crippen molar-refractivity contribution in [2.24, 2.45) is 5.92 Å². The van der Waals surface area contributed by atoms with E-state index in [4.69, 9.17) is 0 Å². The molecule has 0 amide bonds. The van der Waals surface area contributed by atoms with Crippen LogP contribution >= 0.6 is 35.9 Å². The molecule has 2 rings (SSSR count). The molecule has 0 bridgehead atoms. The maximum atomic E-state index is 4.47. The Labute approximate surface area is 117 Å². The predicted molar refractivity (Wildman–Crippen MR) is 77.4 cm³/mol. The van der Waals surface area contributed by atoms with Gasteiger partial charge in [-0.15, -0.1) is 24.2 Å². The number of thioether (sulfide) groups is 2. The number of rotatable bonds is 4. The highest BCUT2D eigenvalue weighted by atomic mass is 35.5. The summed E-state index contributed by atoms with van der Waals surface area (Å²) >= 11 is 3.45. The Bertz CT molecular complexity index is 332. The van der Waals surface area contributed by atoms with E-state index in [0.717, 1.165) is 28.4 Å². The van der Waals surface area contributed by atoms with Gasteiger partial charge in [0, 0.05) is 11.9 Å². The maximum Gasteiger partial charge on any atom is 0.188 e. The third-order valence-electron chi connectivity index (χ3n) is 2.66. The van der Waals surface area contributed by atoms with E-state index in [1.807, 2.05) is 30.3 Å². The van der Waals surface area contributed by atoms with Crippen LogP contribution in [0.4, 0.5) is 0 Å². The quantitative estimate of drug-likeness (QED) is 0.524. The minimum absolute atomic E-state index is 0. The molecule has 1 aromatic rings. The van der Waals surface area contributed by atoms with Crippen LogP contribution in [0.25, 0.3) is 0 Å². The van der Waals surface area contributed by atoms with E-state index >= 15 is 0 Å². The Kier molecular flexibility index (Phi) is 7.27. The van der Waals surface area contributed by atoms with Gasteiger partial charge in [0.1, 0.15) is 5.03 Å². The lowest BCUT2D eigenvalue weighted by atomic mass is 10.0. The molecule has 1 unspecified atom stereocenters. The molecule has 1 aromatic heterocycles. The zero-order chi connectivity index (χ0) is 11.2. The van der Waals surface area contributed by atoms with Crippen molar-refractivity contribution in [1.82, 2.24) is 15.3 Å². The smallest absolute Gasteiger partial charge is 0.188 e. The molecule has 1 aliphatic rings. The van der Waals surface area contributed by atoms with Crippen LogP contribution in [-0.4, -0.2) is 35.1 Å². The van der Waals surface area contributed by atoms with Crippen LogP contribution in [0.15, 0.2) is 22.4 Å². The summed E-state index contributed by atoms with van der Waals surface area (Å²) in [6, 6.07) is 2.00. The molecule has 6 heteroatoms. The molecule has 17 heavy (non-hydrogen) atoms. The summed E-state index contributed by atoms with van der Waals surface area (Å²) in [5.74, 6) is 1.96. The molecule has 0 radical (unpaired) electrons. The van der Waals surface area contributed by atoms with Crippen LogP contribution in [0.1, 0.15) is 12.8 Å². The topological polar surface area (TPSA) is 37.8 Å². The Morgan fingerprint density at radius 3 is 3.12 bits per heavy atom. The molecule has 0 saturated carbocycles. The number of piperidine rings is 1. The lowest BCUT2D eigenvalue weighted by Gasteiger charge is -2.21. The molecular formula is C11H18ClN3S2. The Morgan fingerprint density at radius 1 is 1.53 bits per heavy atom. The van der Waals surface area contributed by atoms with Crippen molar-refractivity contribution < 1.29 is 0 Å². The van der Waals surface area contributed by atoms with Gasteiger partial charge in [-0.25, -0.2) is 9.97 Å². The molecule has 2 heterocycles. The van der Waals surface area contributed by atoms with Gasteiger partial charge in [0.2, 0.25) is 0 Å². The first-order valence-electron chi connectivity index (χ1n) is 5.59. The van der Waals surface area contributed by atoms with Crippen LogP contribution in [0.3, 0.4) is 0 Å². The maximum absolute atomic E-state index is 4.47. The van der Waals surface area contributed by atoms with Crippen molar-refractivity contribution in [2.45, 2.75) is 23.0 Å². The van der Waals surface area contributed by atoms with Gasteiger partial charge in [-0.05, 0) is 44.2 Å². The fourth-order valence-corrected chi connectivity index (χ4v) is 3.19. The molecule has 1 N–H and O–H groups in total. The van der Waals surface area contributed by atoms with E-state index in [1.54, 1.807) is 11.8 Å². The zero-order valence-electron chi connectivity index (χ0n) is 9.89. The number of nitrogens with one attached hydrogen (secondary N) is 1. The highest BCUT2D eigenvalue weighted by Crippen LogP contribution is 2.23. The number of hydrogen-bond acceptors (Lipinski definition) is 5. The summed E-state index contributed by atoms with van der Waals surface area (Å²) in [5.41, 5.74) is 0. The molecule has 3 nitrogen and oxygen atoms in total. The highest BCUT2D eigenvalue weighted by molar-refractivity contribution is 7.99. The summed E-state index contributed by atoms with van der Waals surface area (Å²) in [4.78, 5) is 8.65. The first-order valence-corrected chi connectivity index (χ1v) is 7.80. The number of nitrogens with zero attached hydrogens (tertiary/aromatic N) is 2. The third-order valence-corrected chi connectivity index (χ3v) is 4.38. The van der Waals surface area contributed by atoms with Crippen molar-refractivity contribution in [3.63, 3.8) is 0 Å². The van der Waals surface area contributed by atoms with Gasteiger partial charge in [0.05, 0.1) is 0 Å². The molecule has 0 aliphatic carbocycles. The second-order valence-corrected chi connectivity index (χ2v) is 5.72. The lowest BCUT2D eigenvalue weighted by molar-refractivity contribution is 0.410. The summed E-state index contributed by atoms with van der Waals surface area (Å²) < 4.78 is 0. The van der Waals surface area contributed by atoms with Crippen molar-refractivity contribution in [1.29, 1.82) is 0 Å². The first-order chi connectivity index (χ1) is 7.88. The van der Waals surface area contributed by atoms with E-state index in [9.17, 15) is 0 Å². The second-order valence-electron chi connectivity index (χ2n) is 3.90. The fourth-order valence-electron chi connectivity index (χ4n) is 1.77. The van der Waals surface area contributed by atoms with E-state index in [1.165, 1.54) is 19.4 Å². The largest absolute Gasteiger partial charge is 0.316 e. The molecule has 0 aromatic carbocycles. The second kappa shape index (κ2) is 8.19. The number of aromatic nitrogens is 2. The van der Waals surface area contributed by atoms with Gasteiger partial charge in [0.25, 0.3) is 0 Å².